The summed E-state index contributed by atoms with van der Waals surface area (Å²) in [6.45, 7) is 2.23. The van der Waals surface area contributed by atoms with E-state index in [-0.39, 0.29) is 5.82 Å². The highest BCUT2D eigenvalue weighted by Gasteiger charge is 2.29. The van der Waals surface area contributed by atoms with E-state index >= 15 is 0 Å². The first-order valence-corrected chi connectivity index (χ1v) is 5.67. The fraction of sp³-hybridized carbons (Fsp3) is 0.538. The van der Waals surface area contributed by atoms with E-state index in [1.165, 1.54) is 24.1 Å². The Balaban J connectivity index is 2.00. The van der Waals surface area contributed by atoms with Crippen molar-refractivity contribution < 1.29 is 4.39 Å². The highest BCUT2D eigenvalue weighted by atomic mass is 19.1. The second-order valence-corrected chi connectivity index (χ2v) is 4.69. The Kier molecular flexibility index (Phi) is 3.06. The van der Waals surface area contributed by atoms with E-state index in [2.05, 4.69) is 6.92 Å². The van der Waals surface area contributed by atoms with Gasteiger partial charge in [0.15, 0.2) is 0 Å². The van der Waals surface area contributed by atoms with Crippen molar-refractivity contribution in [3.63, 3.8) is 0 Å². The summed E-state index contributed by atoms with van der Waals surface area (Å²) in [7, 11) is 0. The molecule has 0 bridgehead atoms. The van der Waals surface area contributed by atoms with Crippen molar-refractivity contribution in [2.45, 2.75) is 32.2 Å². The molecule has 1 aromatic carbocycles. The van der Waals surface area contributed by atoms with E-state index in [1.54, 1.807) is 0 Å². The van der Waals surface area contributed by atoms with Gasteiger partial charge in [-0.1, -0.05) is 19.1 Å². The zero-order chi connectivity index (χ0) is 10.8. The smallest absolute Gasteiger partial charge is 0.123 e. The van der Waals surface area contributed by atoms with E-state index in [0.29, 0.717) is 17.9 Å². The molecule has 1 fully saturated rings. The van der Waals surface area contributed by atoms with Gasteiger partial charge < -0.3 is 5.73 Å². The maximum atomic E-state index is 12.7. The minimum absolute atomic E-state index is 0.157. The molecule has 0 amide bonds. The minimum Gasteiger partial charge on any atom is -0.327 e. The van der Waals surface area contributed by atoms with Crippen molar-refractivity contribution in [3.05, 3.63) is 35.6 Å². The van der Waals surface area contributed by atoms with Gasteiger partial charge in [-0.3, -0.25) is 0 Å². The molecule has 3 atom stereocenters. The molecule has 3 unspecified atom stereocenters. The van der Waals surface area contributed by atoms with Crippen molar-refractivity contribution in [1.82, 2.24) is 0 Å². The van der Waals surface area contributed by atoms with Gasteiger partial charge in [0.05, 0.1) is 0 Å². The average Bonchev–Trinajstić information content (AvgIpc) is 2.53. The topological polar surface area (TPSA) is 26.0 Å². The molecular formula is C13H18FN. The lowest BCUT2D eigenvalue weighted by Gasteiger charge is -2.17. The average molecular weight is 207 g/mol. The standard InChI is InChI=1S/C13H18FN/c1-9-11(4-7-13(9)15)8-10-2-5-12(14)6-3-10/h2-3,5-6,9,11,13H,4,7-8,15H2,1H3. The summed E-state index contributed by atoms with van der Waals surface area (Å²) in [6, 6.07) is 7.19. The van der Waals surface area contributed by atoms with E-state index in [4.69, 9.17) is 5.73 Å². The predicted octanol–water partition coefficient (Wildman–Crippen LogP) is 2.74. The Morgan fingerprint density at radius 2 is 1.93 bits per heavy atom. The lowest BCUT2D eigenvalue weighted by molar-refractivity contribution is 0.390. The van der Waals surface area contributed by atoms with Crippen molar-refractivity contribution in [2.75, 3.05) is 0 Å². The first-order valence-electron chi connectivity index (χ1n) is 5.67. The normalized spacial score (nSPS) is 30.7. The minimum atomic E-state index is -0.157. The van der Waals surface area contributed by atoms with Crippen LogP contribution in [0.5, 0.6) is 0 Å². The van der Waals surface area contributed by atoms with E-state index in [1.807, 2.05) is 12.1 Å². The van der Waals surface area contributed by atoms with Crippen LogP contribution in [-0.4, -0.2) is 6.04 Å². The summed E-state index contributed by atoms with van der Waals surface area (Å²) >= 11 is 0. The van der Waals surface area contributed by atoms with Crippen LogP contribution in [0.2, 0.25) is 0 Å². The summed E-state index contributed by atoms with van der Waals surface area (Å²) in [6.07, 6.45) is 3.38. The largest absolute Gasteiger partial charge is 0.327 e. The van der Waals surface area contributed by atoms with Gasteiger partial charge in [0.25, 0.3) is 0 Å². The molecule has 2 N–H and O–H groups in total. The molecule has 1 aliphatic carbocycles. The molecule has 1 aliphatic rings. The van der Waals surface area contributed by atoms with Gasteiger partial charge >= 0.3 is 0 Å². The van der Waals surface area contributed by atoms with Gasteiger partial charge in [-0.15, -0.1) is 0 Å². The van der Waals surface area contributed by atoms with E-state index in [0.717, 1.165) is 12.8 Å². The quantitative estimate of drug-likeness (QED) is 0.792. The molecule has 0 heterocycles. The molecule has 1 nitrogen and oxygen atoms in total. The summed E-state index contributed by atoms with van der Waals surface area (Å²) in [5.74, 6) is 1.11. The number of halogens is 1. The molecule has 0 saturated heterocycles. The van der Waals surface area contributed by atoms with Crippen LogP contribution in [0.15, 0.2) is 24.3 Å². The molecule has 2 rings (SSSR count). The number of rotatable bonds is 2. The van der Waals surface area contributed by atoms with Crippen molar-refractivity contribution in [1.29, 1.82) is 0 Å². The zero-order valence-electron chi connectivity index (χ0n) is 9.12. The Bertz CT molecular complexity index is 320. The molecule has 0 aliphatic heterocycles. The van der Waals surface area contributed by atoms with E-state index < -0.39 is 0 Å². The third kappa shape index (κ3) is 2.37. The third-order valence-corrected chi connectivity index (χ3v) is 3.70. The van der Waals surface area contributed by atoms with Gasteiger partial charge in [-0.2, -0.15) is 0 Å². The van der Waals surface area contributed by atoms with Crippen LogP contribution in [0, 0.1) is 17.7 Å². The molecule has 82 valence electrons. The van der Waals surface area contributed by atoms with E-state index in [9.17, 15) is 4.39 Å². The molecule has 0 aromatic heterocycles. The highest BCUT2D eigenvalue weighted by molar-refractivity contribution is 5.17. The van der Waals surface area contributed by atoms with Gasteiger partial charge in [-0.25, -0.2) is 4.39 Å². The van der Waals surface area contributed by atoms with Crippen molar-refractivity contribution >= 4 is 0 Å². The van der Waals surface area contributed by atoms with Gasteiger partial charge in [0, 0.05) is 6.04 Å². The first-order chi connectivity index (χ1) is 7.16. The molecule has 1 aromatic rings. The molecule has 2 heteroatoms. The van der Waals surface area contributed by atoms with Crippen LogP contribution < -0.4 is 5.73 Å². The monoisotopic (exact) mass is 207 g/mol. The van der Waals surface area contributed by atoms with Crippen LogP contribution in [0.1, 0.15) is 25.3 Å². The maximum Gasteiger partial charge on any atom is 0.123 e. The second-order valence-electron chi connectivity index (χ2n) is 4.69. The Morgan fingerprint density at radius 3 is 2.47 bits per heavy atom. The van der Waals surface area contributed by atoms with Crippen LogP contribution in [-0.2, 0) is 6.42 Å². The summed E-state index contributed by atoms with van der Waals surface area (Å²) in [5.41, 5.74) is 7.21. The predicted molar refractivity (Wildman–Crippen MR) is 60.0 cm³/mol. The maximum absolute atomic E-state index is 12.7. The highest BCUT2D eigenvalue weighted by Crippen LogP contribution is 2.32. The lowest BCUT2D eigenvalue weighted by Crippen LogP contribution is -2.25. The van der Waals surface area contributed by atoms with Crippen LogP contribution >= 0.6 is 0 Å². The second kappa shape index (κ2) is 4.31. The number of benzene rings is 1. The Morgan fingerprint density at radius 1 is 1.27 bits per heavy atom. The Hall–Kier alpha value is -0.890. The molecule has 1 saturated carbocycles. The molecule has 0 spiro atoms. The number of nitrogens with two attached hydrogens (primary N) is 1. The molecule has 0 radical (unpaired) electrons. The number of hydrogen-bond acceptors (Lipinski definition) is 1. The van der Waals surface area contributed by atoms with Gasteiger partial charge in [-0.05, 0) is 48.8 Å². The van der Waals surface area contributed by atoms with Crippen LogP contribution in [0.4, 0.5) is 4.39 Å². The van der Waals surface area contributed by atoms with Crippen molar-refractivity contribution in [2.24, 2.45) is 17.6 Å². The van der Waals surface area contributed by atoms with Gasteiger partial charge in [0.2, 0.25) is 0 Å². The Labute approximate surface area is 90.5 Å². The zero-order valence-corrected chi connectivity index (χ0v) is 9.12. The molecule has 15 heavy (non-hydrogen) atoms. The summed E-state index contributed by atoms with van der Waals surface area (Å²) in [5, 5.41) is 0. The lowest BCUT2D eigenvalue weighted by atomic mass is 9.90. The number of hydrogen-bond donors (Lipinski definition) is 1. The van der Waals surface area contributed by atoms with Crippen LogP contribution in [0.25, 0.3) is 0 Å². The van der Waals surface area contributed by atoms with Gasteiger partial charge in [0.1, 0.15) is 5.82 Å². The SMILES string of the molecule is CC1C(N)CCC1Cc1ccc(F)cc1. The fourth-order valence-corrected chi connectivity index (χ4v) is 2.49. The fourth-order valence-electron chi connectivity index (χ4n) is 2.49. The van der Waals surface area contributed by atoms with Crippen molar-refractivity contribution in [3.8, 4) is 0 Å². The molecular weight excluding hydrogens is 189 g/mol. The third-order valence-electron chi connectivity index (χ3n) is 3.70. The summed E-state index contributed by atoms with van der Waals surface area (Å²) < 4.78 is 12.7. The first kappa shape index (κ1) is 10.6. The van der Waals surface area contributed by atoms with Crippen LogP contribution in [0.3, 0.4) is 0 Å². The summed E-state index contributed by atoms with van der Waals surface area (Å²) in [4.78, 5) is 0.